The van der Waals surface area contributed by atoms with E-state index >= 15 is 0 Å². The molecule has 0 aliphatic carbocycles. The molecule has 0 N–H and O–H groups in total. The van der Waals surface area contributed by atoms with Gasteiger partial charge in [-0.2, -0.15) is 10.5 Å². The summed E-state index contributed by atoms with van der Waals surface area (Å²) in [4.78, 5) is 0. The maximum atomic E-state index is 10.1. The van der Waals surface area contributed by atoms with Gasteiger partial charge in [-0.1, -0.05) is 64.7 Å². The van der Waals surface area contributed by atoms with E-state index in [2.05, 4.69) is 12.1 Å². The van der Waals surface area contributed by atoms with Crippen LogP contribution in [-0.4, -0.2) is 0 Å². The van der Waals surface area contributed by atoms with E-state index in [-0.39, 0.29) is 33.4 Å². The minimum absolute atomic E-state index is 0.0174. The Bertz CT molecular complexity index is 1450. The zero-order valence-corrected chi connectivity index (χ0v) is 20.2. The Balaban J connectivity index is 1.91. The molecule has 172 valence electrons. The van der Waals surface area contributed by atoms with Crippen molar-refractivity contribution in [3.63, 3.8) is 0 Å². The van der Waals surface area contributed by atoms with Crippen molar-refractivity contribution in [2.75, 3.05) is 0 Å². The molecule has 0 heterocycles. The molecule has 4 aromatic rings. The van der Waals surface area contributed by atoms with Crippen LogP contribution in [0.5, 0.6) is 34.5 Å². The first-order valence-electron chi connectivity index (χ1n) is 10.8. The van der Waals surface area contributed by atoms with Gasteiger partial charge in [0.2, 0.25) is 0 Å². The van der Waals surface area contributed by atoms with Crippen molar-refractivity contribution in [3.8, 4) is 46.6 Å². The number of rotatable bonds is 6. The van der Waals surface area contributed by atoms with Crippen LogP contribution in [0, 0.1) is 43.4 Å². The second-order valence-electron chi connectivity index (χ2n) is 8.02. The summed E-state index contributed by atoms with van der Waals surface area (Å²) in [5.41, 5.74) is 3.07. The summed E-state index contributed by atoms with van der Waals surface area (Å²) in [5, 5.41) is 20.1. The van der Waals surface area contributed by atoms with E-state index in [0.29, 0.717) is 17.2 Å². The Hall–Kier alpha value is -4.45. The van der Waals surface area contributed by atoms with Crippen LogP contribution in [0.4, 0.5) is 0 Å². The van der Waals surface area contributed by atoms with Gasteiger partial charge in [0.25, 0.3) is 0 Å². The van der Waals surface area contributed by atoms with Crippen LogP contribution in [-0.2, 0) is 0 Å². The molecule has 0 saturated heterocycles. The fourth-order valence-electron chi connectivity index (χ4n) is 3.32. The van der Waals surface area contributed by atoms with Crippen LogP contribution in [0.2, 0.25) is 5.02 Å². The molecule has 6 heteroatoms. The molecule has 0 fully saturated rings. The molecule has 0 amide bonds. The second-order valence-corrected chi connectivity index (χ2v) is 8.40. The van der Waals surface area contributed by atoms with Crippen molar-refractivity contribution in [2.24, 2.45) is 0 Å². The molecule has 0 aromatic heterocycles. The fraction of sp³-hybridized carbons (Fsp3) is 0.103. The van der Waals surface area contributed by atoms with E-state index in [1.807, 2.05) is 57.2 Å². The molecule has 0 bridgehead atoms. The summed E-state index contributed by atoms with van der Waals surface area (Å²) in [6.45, 7) is 5.87. The molecular weight excluding hydrogens is 460 g/mol. The van der Waals surface area contributed by atoms with E-state index < -0.39 is 0 Å². The van der Waals surface area contributed by atoms with Crippen molar-refractivity contribution < 1.29 is 14.2 Å². The summed E-state index contributed by atoms with van der Waals surface area (Å²) >= 11 is 6.79. The SMILES string of the molecule is Cc1ccc(Oc2c(Cl)c(Oc3ccc(C)cc3)c(Oc3ccc(C)cc3)c(C#N)c2C#N)cc1. The average Bonchev–Trinajstić information content (AvgIpc) is 2.86. The van der Waals surface area contributed by atoms with E-state index in [9.17, 15) is 10.5 Å². The van der Waals surface area contributed by atoms with Crippen LogP contribution >= 0.6 is 11.6 Å². The lowest BCUT2D eigenvalue weighted by atomic mass is 10.1. The number of aryl methyl sites for hydroxylation is 3. The lowest BCUT2D eigenvalue weighted by Gasteiger charge is -2.19. The number of nitrogens with zero attached hydrogens (tertiary/aromatic N) is 2. The summed E-state index contributed by atoms with van der Waals surface area (Å²) in [6.07, 6.45) is 0. The van der Waals surface area contributed by atoms with Crippen molar-refractivity contribution >= 4 is 11.6 Å². The summed E-state index contributed by atoms with van der Waals surface area (Å²) in [6, 6.07) is 26.0. The lowest BCUT2D eigenvalue weighted by Crippen LogP contribution is -2.01. The van der Waals surface area contributed by atoms with Crippen molar-refractivity contribution in [1.82, 2.24) is 0 Å². The second kappa shape index (κ2) is 10.2. The minimum Gasteiger partial charge on any atom is -0.454 e. The van der Waals surface area contributed by atoms with Gasteiger partial charge in [-0.25, -0.2) is 0 Å². The molecule has 4 rings (SSSR count). The van der Waals surface area contributed by atoms with E-state index in [0.717, 1.165) is 16.7 Å². The Labute approximate surface area is 209 Å². The first-order valence-corrected chi connectivity index (χ1v) is 11.2. The van der Waals surface area contributed by atoms with Gasteiger partial charge < -0.3 is 14.2 Å². The maximum absolute atomic E-state index is 10.1. The number of ether oxygens (including phenoxy) is 3. The van der Waals surface area contributed by atoms with E-state index in [1.165, 1.54) is 0 Å². The van der Waals surface area contributed by atoms with Crippen molar-refractivity contribution in [3.05, 3.63) is 106 Å². The van der Waals surface area contributed by atoms with Crippen LogP contribution in [0.1, 0.15) is 27.8 Å². The Morgan fingerprint density at radius 1 is 0.514 bits per heavy atom. The standard InChI is InChI=1S/C29H21ClN2O3/c1-18-4-10-21(11-5-18)33-27-24(16-31)25(17-32)28(34-22-12-6-19(2)7-13-22)29(26(27)30)35-23-14-8-20(3)9-15-23/h4-15H,1-3H3. The first-order chi connectivity index (χ1) is 16.9. The van der Waals surface area contributed by atoms with E-state index in [4.69, 9.17) is 25.8 Å². The monoisotopic (exact) mass is 480 g/mol. The highest BCUT2D eigenvalue weighted by atomic mass is 35.5. The maximum Gasteiger partial charge on any atom is 0.193 e. The number of nitriles is 2. The molecule has 0 atom stereocenters. The number of hydrogen-bond acceptors (Lipinski definition) is 5. The average molecular weight is 481 g/mol. The molecule has 0 saturated carbocycles. The Morgan fingerprint density at radius 3 is 1.20 bits per heavy atom. The topological polar surface area (TPSA) is 75.3 Å². The summed E-state index contributed by atoms with van der Waals surface area (Å²) in [5.74, 6) is 1.55. The fourth-order valence-corrected chi connectivity index (χ4v) is 3.58. The van der Waals surface area contributed by atoms with Crippen molar-refractivity contribution in [2.45, 2.75) is 20.8 Å². The molecular formula is C29H21ClN2O3. The minimum atomic E-state index is -0.0450. The summed E-state index contributed by atoms with van der Waals surface area (Å²) < 4.78 is 18.2. The van der Waals surface area contributed by atoms with Crippen LogP contribution < -0.4 is 14.2 Å². The van der Waals surface area contributed by atoms with E-state index in [1.54, 1.807) is 36.4 Å². The zero-order chi connectivity index (χ0) is 24.9. The molecule has 0 unspecified atom stereocenters. The van der Waals surface area contributed by atoms with Gasteiger partial charge in [-0.15, -0.1) is 0 Å². The third kappa shape index (κ3) is 5.22. The largest absolute Gasteiger partial charge is 0.454 e. The third-order valence-electron chi connectivity index (χ3n) is 5.26. The molecule has 5 nitrogen and oxygen atoms in total. The Kier molecular flexibility index (Phi) is 6.92. The van der Waals surface area contributed by atoms with Crippen LogP contribution in [0.15, 0.2) is 72.8 Å². The highest BCUT2D eigenvalue weighted by Crippen LogP contribution is 2.51. The molecule has 4 aromatic carbocycles. The normalized spacial score (nSPS) is 10.2. The number of hydrogen-bond donors (Lipinski definition) is 0. The Morgan fingerprint density at radius 2 is 0.829 bits per heavy atom. The zero-order valence-electron chi connectivity index (χ0n) is 19.4. The highest BCUT2D eigenvalue weighted by molar-refractivity contribution is 6.34. The highest BCUT2D eigenvalue weighted by Gasteiger charge is 2.28. The van der Waals surface area contributed by atoms with Crippen LogP contribution in [0.25, 0.3) is 0 Å². The molecule has 0 spiro atoms. The lowest BCUT2D eigenvalue weighted by molar-refractivity contribution is 0.410. The van der Waals surface area contributed by atoms with Crippen LogP contribution in [0.3, 0.4) is 0 Å². The molecule has 35 heavy (non-hydrogen) atoms. The van der Waals surface area contributed by atoms with Gasteiger partial charge in [0, 0.05) is 0 Å². The molecule has 0 aliphatic rings. The smallest absolute Gasteiger partial charge is 0.193 e. The van der Waals surface area contributed by atoms with Gasteiger partial charge in [0.15, 0.2) is 17.2 Å². The number of halogens is 1. The predicted octanol–water partition coefficient (Wildman–Crippen LogP) is 8.39. The number of benzene rings is 4. The molecule has 0 radical (unpaired) electrons. The third-order valence-corrected chi connectivity index (χ3v) is 5.60. The molecule has 0 aliphatic heterocycles. The van der Waals surface area contributed by atoms with Crippen molar-refractivity contribution in [1.29, 1.82) is 10.5 Å². The first kappa shape index (κ1) is 23.7. The van der Waals surface area contributed by atoms with Gasteiger partial charge in [-0.3, -0.25) is 0 Å². The van der Waals surface area contributed by atoms with Gasteiger partial charge in [0.1, 0.15) is 45.5 Å². The van der Waals surface area contributed by atoms with Gasteiger partial charge in [-0.05, 0) is 57.2 Å². The quantitative estimate of drug-likeness (QED) is 0.277. The van der Waals surface area contributed by atoms with Gasteiger partial charge >= 0.3 is 0 Å². The predicted molar refractivity (Wildman–Crippen MR) is 135 cm³/mol. The van der Waals surface area contributed by atoms with Gasteiger partial charge in [0.05, 0.1) is 0 Å². The summed E-state index contributed by atoms with van der Waals surface area (Å²) in [7, 11) is 0.